The average molecular weight is 495 g/mol. The van der Waals surface area contributed by atoms with E-state index >= 15 is 0 Å². The molecule has 1 saturated heterocycles. The zero-order valence-corrected chi connectivity index (χ0v) is 20.3. The number of hydrogen-bond donors (Lipinski definition) is 1. The van der Waals surface area contributed by atoms with Gasteiger partial charge in [0.15, 0.2) is 5.17 Å². The second-order valence-corrected chi connectivity index (χ2v) is 9.27. The number of carboxylic acids is 1. The molecule has 34 heavy (non-hydrogen) atoms. The fourth-order valence-electron chi connectivity index (χ4n) is 3.39. The molecule has 6 nitrogen and oxygen atoms in total. The molecule has 1 aliphatic rings. The number of hydrogen-bond acceptors (Lipinski definition) is 5. The van der Waals surface area contributed by atoms with Gasteiger partial charge in [0, 0.05) is 18.2 Å². The number of thioether (sulfide) groups is 1. The Kier molecular flexibility index (Phi) is 7.24. The van der Waals surface area contributed by atoms with Crippen LogP contribution in [0, 0.1) is 6.92 Å². The monoisotopic (exact) mass is 494 g/mol. The van der Waals surface area contributed by atoms with Crippen molar-refractivity contribution >= 4 is 52.2 Å². The summed E-state index contributed by atoms with van der Waals surface area (Å²) in [6.07, 6.45) is 3.54. The van der Waals surface area contributed by atoms with Gasteiger partial charge in [0.05, 0.1) is 21.2 Å². The number of benzene rings is 2. The first-order chi connectivity index (χ1) is 16.4. The summed E-state index contributed by atoms with van der Waals surface area (Å²) < 4.78 is 5.90. The Balaban J connectivity index is 1.62. The number of aromatic carboxylic acids is 1. The molecule has 0 radical (unpaired) electrons. The number of carbonyl (C=O) groups excluding carboxylic acids is 1. The molecular formula is C26H23ClN2O4S. The predicted octanol–water partition coefficient (Wildman–Crippen LogP) is 7.01. The van der Waals surface area contributed by atoms with E-state index in [0.717, 1.165) is 24.1 Å². The summed E-state index contributed by atoms with van der Waals surface area (Å²) in [5.74, 6) is -0.245. The van der Waals surface area contributed by atoms with Crippen molar-refractivity contribution in [1.82, 2.24) is 4.90 Å². The number of furan rings is 1. The van der Waals surface area contributed by atoms with Crippen molar-refractivity contribution in [2.24, 2.45) is 4.99 Å². The maximum absolute atomic E-state index is 13.1. The summed E-state index contributed by atoms with van der Waals surface area (Å²) in [7, 11) is 0. The molecule has 0 saturated carbocycles. The van der Waals surface area contributed by atoms with Gasteiger partial charge < -0.3 is 9.52 Å². The molecule has 2 heterocycles. The van der Waals surface area contributed by atoms with E-state index in [0.29, 0.717) is 33.7 Å². The minimum Gasteiger partial charge on any atom is -0.478 e. The Morgan fingerprint density at radius 3 is 2.65 bits per heavy atom. The van der Waals surface area contributed by atoms with Crippen LogP contribution in [0.5, 0.6) is 0 Å². The lowest BCUT2D eigenvalue weighted by atomic mass is 10.1. The largest absolute Gasteiger partial charge is 0.478 e. The van der Waals surface area contributed by atoms with Crippen LogP contribution in [-0.4, -0.2) is 33.6 Å². The first-order valence-corrected chi connectivity index (χ1v) is 12.0. The summed E-state index contributed by atoms with van der Waals surface area (Å²) in [6, 6.07) is 16.0. The van der Waals surface area contributed by atoms with E-state index in [4.69, 9.17) is 21.0 Å². The van der Waals surface area contributed by atoms with Crippen molar-refractivity contribution in [3.63, 3.8) is 0 Å². The molecule has 0 atom stereocenters. The van der Waals surface area contributed by atoms with Crippen LogP contribution in [-0.2, 0) is 4.79 Å². The van der Waals surface area contributed by atoms with Crippen LogP contribution in [0.15, 0.2) is 68.9 Å². The highest BCUT2D eigenvalue weighted by Crippen LogP contribution is 2.35. The van der Waals surface area contributed by atoms with Gasteiger partial charge in [-0.25, -0.2) is 9.79 Å². The molecule has 0 spiro atoms. The average Bonchev–Trinajstić information content (AvgIpc) is 3.39. The summed E-state index contributed by atoms with van der Waals surface area (Å²) in [6.45, 7) is 4.69. The van der Waals surface area contributed by atoms with E-state index < -0.39 is 5.97 Å². The maximum Gasteiger partial charge on any atom is 0.337 e. The summed E-state index contributed by atoms with van der Waals surface area (Å²) in [5, 5.41) is 10.1. The Bertz CT molecular complexity index is 1290. The number of nitrogens with zero attached hydrogens (tertiary/aromatic N) is 2. The van der Waals surface area contributed by atoms with Gasteiger partial charge in [-0.2, -0.15) is 0 Å². The van der Waals surface area contributed by atoms with Crippen molar-refractivity contribution in [3.05, 3.63) is 81.4 Å². The molecule has 174 valence electrons. The molecule has 8 heteroatoms. The Hall–Kier alpha value is -3.29. The topological polar surface area (TPSA) is 83.1 Å². The summed E-state index contributed by atoms with van der Waals surface area (Å²) in [4.78, 5) is 31.5. The standard InChI is InChI=1S/C26H23ClN2O4S/c1-3-4-13-29-24(30)23(34-26(29)28-18-8-5-16(2)6-9-18)15-19-10-12-22(33-19)17-7-11-21(27)20(14-17)25(31)32/h5-12,14-15H,3-4,13H2,1-2H3,(H,31,32)/b23-15+,28-26?. The Labute approximate surface area is 206 Å². The van der Waals surface area contributed by atoms with Gasteiger partial charge in [0.2, 0.25) is 0 Å². The van der Waals surface area contributed by atoms with Crippen LogP contribution >= 0.6 is 23.4 Å². The lowest BCUT2D eigenvalue weighted by molar-refractivity contribution is -0.122. The number of halogens is 1. The molecule has 0 aliphatic carbocycles. The fraction of sp³-hybridized carbons (Fsp3) is 0.192. The first kappa shape index (κ1) is 23.9. The van der Waals surface area contributed by atoms with Gasteiger partial charge in [0.25, 0.3) is 5.91 Å². The number of aliphatic imine (C=N–C) groups is 1. The molecule has 1 N–H and O–H groups in total. The zero-order valence-electron chi connectivity index (χ0n) is 18.7. The highest BCUT2D eigenvalue weighted by molar-refractivity contribution is 8.18. The van der Waals surface area contributed by atoms with Gasteiger partial charge in [-0.3, -0.25) is 9.69 Å². The molecule has 0 bridgehead atoms. The van der Waals surface area contributed by atoms with Crippen LogP contribution in [0.25, 0.3) is 17.4 Å². The van der Waals surface area contributed by atoms with Crippen molar-refractivity contribution in [3.8, 4) is 11.3 Å². The van der Waals surface area contributed by atoms with E-state index in [1.54, 1.807) is 29.2 Å². The molecule has 3 aromatic rings. The fourth-order valence-corrected chi connectivity index (χ4v) is 4.59. The summed E-state index contributed by atoms with van der Waals surface area (Å²) >= 11 is 7.28. The molecule has 2 aromatic carbocycles. The van der Waals surface area contributed by atoms with E-state index in [2.05, 4.69) is 6.92 Å². The van der Waals surface area contributed by atoms with Crippen molar-refractivity contribution < 1.29 is 19.1 Å². The number of amidine groups is 1. The van der Waals surface area contributed by atoms with Crippen LogP contribution in [0.2, 0.25) is 5.02 Å². The van der Waals surface area contributed by atoms with E-state index in [1.165, 1.54) is 23.9 Å². The third-order valence-electron chi connectivity index (χ3n) is 5.26. The lowest BCUT2D eigenvalue weighted by Gasteiger charge is -2.14. The second-order valence-electron chi connectivity index (χ2n) is 7.85. The molecule has 1 aromatic heterocycles. The minimum absolute atomic E-state index is 0.000484. The van der Waals surface area contributed by atoms with Crippen LogP contribution in [0.4, 0.5) is 5.69 Å². The normalized spacial score (nSPS) is 16.1. The van der Waals surface area contributed by atoms with Gasteiger partial charge in [0.1, 0.15) is 11.5 Å². The van der Waals surface area contributed by atoms with E-state index in [1.807, 2.05) is 31.2 Å². The summed E-state index contributed by atoms with van der Waals surface area (Å²) in [5.41, 5.74) is 2.52. The molecule has 1 fully saturated rings. The number of rotatable bonds is 7. The third-order valence-corrected chi connectivity index (χ3v) is 6.60. The van der Waals surface area contributed by atoms with Gasteiger partial charge >= 0.3 is 5.97 Å². The lowest BCUT2D eigenvalue weighted by Crippen LogP contribution is -2.30. The zero-order chi connectivity index (χ0) is 24.2. The number of unbranched alkanes of at least 4 members (excludes halogenated alkanes) is 1. The molecule has 0 unspecified atom stereocenters. The van der Waals surface area contributed by atoms with Gasteiger partial charge in [-0.1, -0.05) is 42.6 Å². The molecule has 4 rings (SSSR count). The highest BCUT2D eigenvalue weighted by Gasteiger charge is 2.33. The Morgan fingerprint density at radius 1 is 1.18 bits per heavy atom. The number of amides is 1. The van der Waals surface area contributed by atoms with Crippen LogP contribution < -0.4 is 0 Å². The van der Waals surface area contributed by atoms with E-state index in [9.17, 15) is 14.7 Å². The molecule has 1 amide bonds. The molecular weight excluding hydrogens is 472 g/mol. The number of carboxylic acid groups (broad SMARTS) is 1. The number of aryl methyl sites for hydroxylation is 1. The predicted molar refractivity (Wildman–Crippen MR) is 137 cm³/mol. The van der Waals surface area contributed by atoms with Crippen molar-refractivity contribution in [1.29, 1.82) is 0 Å². The second kappa shape index (κ2) is 10.3. The van der Waals surface area contributed by atoms with E-state index in [-0.39, 0.29) is 16.5 Å². The highest BCUT2D eigenvalue weighted by atomic mass is 35.5. The van der Waals surface area contributed by atoms with Crippen molar-refractivity contribution in [2.45, 2.75) is 26.7 Å². The maximum atomic E-state index is 13.1. The van der Waals surface area contributed by atoms with Crippen molar-refractivity contribution in [2.75, 3.05) is 6.54 Å². The smallest absolute Gasteiger partial charge is 0.337 e. The quantitative estimate of drug-likeness (QED) is 0.357. The minimum atomic E-state index is -1.11. The first-order valence-electron chi connectivity index (χ1n) is 10.9. The van der Waals surface area contributed by atoms with Crippen LogP contribution in [0.3, 0.4) is 0 Å². The number of carbonyl (C=O) groups is 2. The third kappa shape index (κ3) is 5.26. The Morgan fingerprint density at radius 2 is 1.94 bits per heavy atom. The SMILES string of the molecule is CCCCN1C(=O)/C(=C\c2ccc(-c3ccc(Cl)c(C(=O)O)c3)o2)SC1=Nc1ccc(C)cc1. The van der Waals surface area contributed by atoms with Gasteiger partial charge in [-0.15, -0.1) is 0 Å². The van der Waals surface area contributed by atoms with Crippen LogP contribution in [0.1, 0.15) is 41.4 Å². The van der Waals surface area contributed by atoms with Gasteiger partial charge in [-0.05, 0) is 67.6 Å². The molecule has 1 aliphatic heterocycles.